The molecule has 0 spiro atoms. The zero-order valence-electron chi connectivity index (χ0n) is 9.52. The van der Waals surface area contributed by atoms with Crippen LogP contribution in [0.1, 0.15) is 11.1 Å². The van der Waals surface area contributed by atoms with Crippen LogP contribution in [0.25, 0.3) is 0 Å². The fraction of sp³-hybridized carbons (Fsp3) is 0.0714. The molecule has 4 heteroatoms. The van der Waals surface area contributed by atoms with E-state index in [4.69, 9.17) is 0 Å². The summed E-state index contributed by atoms with van der Waals surface area (Å²) in [5.41, 5.74) is -1.31. The topological polar surface area (TPSA) is 57.5 Å². The van der Waals surface area contributed by atoms with Gasteiger partial charge in [-0.2, -0.15) is 0 Å². The van der Waals surface area contributed by atoms with Crippen LogP contribution < -0.4 is 0 Å². The molecule has 0 aliphatic carbocycles. The maximum atomic E-state index is 11.4. The number of hydrogen-bond donors (Lipinski definition) is 2. The maximum absolute atomic E-state index is 11.4. The second-order valence-corrected chi connectivity index (χ2v) is 3.75. The van der Waals surface area contributed by atoms with Gasteiger partial charge < -0.3 is 10.2 Å². The number of aliphatic hydroxyl groups is 1. The number of carboxylic acids is 1. The van der Waals surface area contributed by atoms with Crippen molar-refractivity contribution < 1.29 is 15.0 Å². The fourth-order valence-corrected chi connectivity index (χ4v) is 1.77. The van der Waals surface area contributed by atoms with Crippen molar-refractivity contribution in [3.63, 3.8) is 0 Å². The first-order valence-corrected chi connectivity index (χ1v) is 5.22. The van der Waals surface area contributed by atoms with Gasteiger partial charge in [0, 0.05) is 24.4 Å². The third kappa shape index (κ3) is 2.58. The Balaban J connectivity index is 0.00000162. The minimum absolute atomic E-state index is 0. The molecule has 0 aromatic heterocycles. The van der Waals surface area contributed by atoms with Crippen LogP contribution in [0, 0.1) is 0 Å². The molecule has 0 saturated heterocycles. The van der Waals surface area contributed by atoms with E-state index in [9.17, 15) is 15.0 Å². The molecule has 2 aromatic carbocycles. The van der Waals surface area contributed by atoms with Crippen LogP contribution in [0.2, 0.25) is 0 Å². The summed E-state index contributed by atoms with van der Waals surface area (Å²) in [7, 11) is 0. The average molecular weight is 350 g/mol. The average Bonchev–Trinajstić information content (AvgIpc) is 2.39. The number of rotatable bonds is 3. The van der Waals surface area contributed by atoms with E-state index >= 15 is 0 Å². The van der Waals surface area contributed by atoms with Gasteiger partial charge in [-0.3, -0.25) is 0 Å². The van der Waals surface area contributed by atoms with Gasteiger partial charge in [-0.1, -0.05) is 60.7 Å². The molecule has 0 bridgehead atoms. The summed E-state index contributed by atoms with van der Waals surface area (Å²) in [4.78, 5) is 11.4. The van der Waals surface area contributed by atoms with Crippen molar-refractivity contribution in [1.29, 1.82) is 0 Å². The van der Waals surface area contributed by atoms with E-state index in [0.29, 0.717) is 11.1 Å². The summed E-state index contributed by atoms with van der Waals surface area (Å²) in [6, 6.07) is 16.7. The quantitative estimate of drug-likeness (QED) is 0.828. The first-order chi connectivity index (χ1) is 8.15. The van der Waals surface area contributed by atoms with E-state index < -0.39 is 11.6 Å². The predicted octanol–water partition coefficient (Wildman–Crippen LogP) is 1.63. The minimum atomic E-state index is -2.00. The molecule has 3 nitrogen and oxygen atoms in total. The van der Waals surface area contributed by atoms with E-state index in [0.717, 1.165) is 0 Å². The molecule has 2 aromatic rings. The van der Waals surface area contributed by atoms with Crippen molar-refractivity contribution in [1.82, 2.24) is 0 Å². The Kier molecular flexibility index (Phi) is 4.94. The van der Waals surface area contributed by atoms with Crippen LogP contribution in [0.3, 0.4) is 0 Å². The van der Waals surface area contributed by atoms with Gasteiger partial charge in [0.2, 0.25) is 5.60 Å². The Morgan fingerprint density at radius 2 is 1.17 bits per heavy atom. The Morgan fingerprint density at radius 1 is 0.833 bits per heavy atom. The zero-order chi connectivity index (χ0) is 12.3. The number of carbonyl (C=O) groups is 1. The molecule has 0 fully saturated rings. The molecule has 0 amide bonds. The molecular formula is C14H12O3Sb. The summed E-state index contributed by atoms with van der Waals surface area (Å²) in [6.45, 7) is 0. The summed E-state index contributed by atoms with van der Waals surface area (Å²) >= 11 is 0. The van der Waals surface area contributed by atoms with Crippen molar-refractivity contribution in [3.8, 4) is 0 Å². The van der Waals surface area contributed by atoms with E-state index in [1.807, 2.05) is 0 Å². The molecule has 0 aliphatic rings. The van der Waals surface area contributed by atoms with Crippen LogP contribution in [0.15, 0.2) is 60.7 Å². The smallest absolute Gasteiger partial charge is 0.345 e. The van der Waals surface area contributed by atoms with Crippen molar-refractivity contribution in [2.24, 2.45) is 0 Å². The second-order valence-electron chi connectivity index (χ2n) is 3.75. The maximum Gasteiger partial charge on any atom is 0.345 e. The predicted molar refractivity (Wildman–Crippen MR) is 69.3 cm³/mol. The summed E-state index contributed by atoms with van der Waals surface area (Å²) in [5.74, 6) is -1.28. The Hall–Kier alpha value is -1.31. The van der Waals surface area contributed by atoms with Crippen LogP contribution in [0.4, 0.5) is 0 Å². The number of benzene rings is 2. The third-order valence-electron chi connectivity index (χ3n) is 2.69. The largest absolute Gasteiger partial charge is 0.479 e. The van der Waals surface area contributed by atoms with Crippen LogP contribution in [-0.2, 0) is 10.4 Å². The summed E-state index contributed by atoms with van der Waals surface area (Å²) in [6.07, 6.45) is 0. The first kappa shape index (κ1) is 14.7. The van der Waals surface area contributed by atoms with Gasteiger partial charge >= 0.3 is 5.97 Å². The van der Waals surface area contributed by atoms with Gasteiger partial charge in [0.15, 0.2) is 0 Å². The van der Waals surface area contributed by atoms with Crippen LogP contribution in [-0.4, -0.2) is 40.6 Å². The molecule has 0 atom stereocenters. The van der Waals surface area contributed by atoms with E-state index in [1.165, 1.54) is 0 Å². The van der Waals surface area contributed by atoms with Gasteiger partial charge in [0.05, 0.1) is 0 Å². The van der Waals surface area contributed by atoms with Gasteiger partial charge in [0.25, 0.3) is 0 Å². The number of aliphatic carboxylic acids is 1. The molecule has 2 N–H and O–H groups in total. The van der Waals surface area contributed by atoms with Gasteiger partial charge in [-0.15, -0.1) is 0 Å². The molecule has 0 aliphatic heterocycles. The van der Waals surface area contributed by atoms with E-state index in [-0.39, 0.29) is 24.4 Å². The number of carboxylic acid groups (broad SMARTS) is 1. The first-order valence-electron chi connectivity index (χ1n) is 5.22. The van der Waals surface area contributed by atoms with Crippen LogP contribution >= 0.6 is 0 Å². The summed E-state index contributed by atoms with van der Waals surface area (Å²) in [5, 5.41) is 19.7. The molecular weight excluding hydrogens is 338 g/mol. The Bertz CT molecular complexity index is 472. The molecule has 91 valence electrons. The van der Waals surface area contributed by atoms with E-state index in [2.05, 4.69) is 0 Å². The molecule has 0 unspecified atom stereocenters. The van der Waals surface area contributed by atoms with Gasteiger partial charge in [0.1, 0.15) is 0 Å². The second kappa shape index (κ2) is 6.03. The molecule has 0 saturated carbocycles. The molecule has 0 heterocycles. The monoisotopic (exact) mass is 349 g/mol. The van der Waals surface area contributed by atoms with Crippen molar-refractivity contribution in [2.75, 3.05) is 0 Å². The Morgan fingerprint density at radius 3 is 1.44 bits per heavy atom. The van der Waals surface area contributed by atoms with Gasteiger partial charge in [-0.05, 0) is 11.1 Å². The van der Waals surface area contributed by atoms with Crippen molar-refractivity contribution in [3.05, 3.63) is 71.8 Å². The van der Waals surface area contributed by atoms with Gasteiger partial charge in [-0.25, -0.2) is 4.79 Å². The minimum Gasteiger partial charge on any atom is -0.479 e. The van der Waals surface area contributed by atoms with Crippen LogP contribution in [0.5, 0.6) is 0 Å². The fourth-order valence-electron chi connectivity index (χ4n) is 1.77. The summed E-state index contributed by atoms with van der Waals surface area (Å²) < 4.78 is 0. The zero-order valence-corrected chi connectivity index (χ0v) is 12.1. The SMILES string of the molecule is O=C(O)C(O)(c1ccccc1)c1ccccc1.[Sb]. The molecule has 18 heavy (non-hydrogen) atoms. The van der Waals surface area contributed by atoms with E-state index in [1.54, 1.807) is 60.7 Å². The normalized spacial score (nSPS) is 10.5. The van der Waals surface area contributed by atoms with Crippen molar-refractivity contribution in [2.45, 2.75) is 5.60 Å². The molecule has 2 rings (SSSR count). The third-order valence-corrected chi connectivity index (χ3v) is 2.69. The molecule has 3 radical (unpaired) electrons. The Labute approximate surface area is 123 Å². The van der Waals surface area contributed by atoms with Crippen molar-refractivity contribution >= 4 is 30.4 Å². The number of hydrogen-bond acceptors (Lipinski definition) is 2. The standard InChI is InChI=1S/C14H12O3.Sb/c15-13(16)14(17,11-7-3-1-4-8-11)12-9-5-2-6-10-12;/h1-10,17H,(H,15,16);.